The summed E-state index contributed by atoms with van der Waals surface area (Å²) in [7, 11) is 0. The summed E-state index contributed by atoms with van der Waals surface area (Å²) < 4.78 is 2.22. The summed E-state index contributed by atoms with van der Waals surface area (Å²) in [5.74, 6) is 0. The summed E-state index contributed by atoms with van der Waals surface area (Å²) in [6, 6.07) is 2.12. The predicted molar refractivity (Wildman–Crippen MR) is 75.4 cm³/mol. The Hall–Kier alpha value is -1.68. The van der Waals surface area contributed by atoms with Crippen molar-refractivity contribution in [1.29, 1.82) is 0 Å². The second-order valence-corrected chi connectivity index (χ2v) is 5.27. The first-order chi connectivity index (χ1) is 9.20. The number of pyridine rings is 1. The smallest absolute Gasteiger partial charge is 0.0997 e. The van der Waals surface area contributed by atoms with E-state index < -0.39 is 0 Å². The molecule has 1 aliphatic carbocycles. The lowest BCUT2D eigenvalue weighted by atomic mass is 10.0. The van der Waals surface area contributed by atoms with Gasteiger partial charge in [-0.25, -0.2) is 4.98 Å². The van der Waals surface area contributed by atoms with Crippen LogP contribution in [0, 0.1) is 13.8 Å². The van der Waals surface area contributed by atoms with Gasteiger partial charge in [-0.3, -0.25) is 4.98 Å². The molecule has 0 amide bonds. The molecule has 0 fully saturated rings. The highest BCUT2D eigenvalue weighted by Gasteiger charge is 2.18. The van der Waals surface area contributed by atoms with Crippen LogP contribution < -0.4 is 5.73 Å². The summed E-state index contributed by atoms with van der Waals surface area (Å²) in [5, 5.41) is 0. The van der Waals surface area contributed by atoms with Gasteiger partial charge in [-0.2, -0.15) is 0 Å². The SMILES string of the molecule is Cc1cc(-n2cnc3c2CCCC3)c(CN)c(C)n1. The number of hydrogen-bond acceptors (Lipinski definition) is 3. The number of fused-ring (bicyclic) bond motifs is 1. The molecule has 0 aliphatic heterocycles. The molecule has 2 N–H and O–H groups in total. The standard InChI is InChI=1S/C15H20N4/c1-10-7-15(12(8-16)11(2)18-10)19-9-17-13-5-3-4-6-14(13)19/h7,9H,3-6,8,16H2,1-2H3. The molecule has 2 aromatic heterocycles. The topological polar surface area (TPSA) is 56.7 Å². The van der Waals surface area contributed by atoms with E-state index in [1.54, 1.807) is 0 Å². The van der Waals surface area contributed by atoms with Crippen LogP contribution in [0.15, 0.2) is 12.4 Å². The van der Waals surface area contributed by atoms with Crippen LogP contribution in [0.2, 0.25) is 0 Å². The third-order valence-electron chi connectivity index (χ3n) is 3.93. The third-order valence-corrected chi connectivity index (χ3v) is 3.93. The van der Waals surface area contributed by atoms with Gasteiger partial charge in [0.15, 0.2) is 0 Å². The number of nitrogens with zero attached hydrogens (tertiary/aromatic N) is 3. The van der Waals surface area contributed by atoms with Crippen molar-refractivity contribution in [3.63, 3.8) is 0 Å². The molecule has 2 aromatic rings. The Kier molecular flexibility index (Phi) is 3.11. The van der Waals surface area contributed by atoms with Gasteiger partial charge >= 0.3 is 0 Å². The molecular formula is C15H20N4. The van der Waals surface area contributed by atoms with E-state index in [4.69, 9.17) is 5.73 Å². The lowest BCUT2D eigenvalue weighted by Gasteiger charge is -2.17. The third kappa shape index (κ3) is 2.06. The molecule has 1 aliphatic rings. The van der Waals surface area contributed by atoms with Crippen LogP contribution in [0.25, 0.3) is 5.69 Å². The number of rotatable bonds is 2. The number of aryl methyl sites for hydroxylation is 3. The zero-order valence-electron chi connectivity index (χ0n) is 11.6. The monoisotopic (exact) mass is 256 g/mol. The van der Waals surface area contributed by atoms with Crippen molar-refractivity contribution in [2.75, 3.05) is 0 Å². The van der Waals surface area contributed by atoms with Gasteiger partial charge in [0.2, 0.25) is 0 Å². The molecule has 2 heterocycles. The lowest BCUT2D eigenvalue weighted by Crippen LogP contribution is -2.12. The van der Waals surface area contributed by atoms with Crippen molar-refractivity contribution >= 4 is 0 Å². The molecular weight excluding hydrogens is 236 g/mol. The summed E-state index contributed by atoms with van der Waals surface area (Å²) in [6.07, 6.45) is 6.66. The van der Waals surface area contributed by atoms with Crippen LogP contribution >= 0.6 is 0 Å². The normalized spacial score (nSPS) is 14.5. The van der Waals surface area contributed by atoms with Crippen LogP contribution in [-0.2, 0) is 19.4 Å². The van der Waals surface area contributed by atoms with E-state index in [1.807, 2.05) is 20.2 Å². The average Bonchev–Trinajstić information content (AvgIpc) is 2.81. The first-order valence-corrected chi connectivity index (χ1v) is 6.93. The van der Waals surface area contributed by atoms with Crippen molar-refractivity contribution < 1.29 is 0 Å². The highest BCUT2D eigenvalue weighted by atomic mass is 15.1. The van der Waals surface area contributed by atoms with Crippen LogP contribution in [0.5, 0.6) is 0 Å². The minimum Gasteiger partial charge on any atom is -0.326 e. The van der Waals surface area contributed by atoms with E-state index in [1.165, 1.54) is 24.2 Å². The van der Waals surface area contributed by atoms with Gasteiger partial charge in [-0.05, 0) is 45.6 Å². The van der Waals surface area contributed by atoms with Gasteiger partial charge in [0.25, 0.3) is 0 Å². The zero-order chi connectivity index (χ0) is 13.4. The lowest BCUT2D eigenvalue weighted by molar-refractivity contribution is 0.655. The highest BCUT2D eigenvalue weighted by Crippen LogP contribution is 2.26. The number of nitrogens with two attached hydrogens (primary N) is 1. The van der Waals surface area contributed by atoms with Gasteiger partial charge in [-0.15, -0.1) is 0 Å². The Balaban J connectivity index is 2.19. The molecule has 0 radical (unpaired) electrons. The van der Waals surface area contributed by atoms with Gasteiger partial charge in [0.1, 0.15) is 0 Å². The van der Waals surface area contributed by atoms with Gasteiger partial charge in [0.05, 0.1) is 17.7 Å². The van der Waals surface area contributed by atoms with E-state index in [2.05, 4.69) is 20.6 Å². The van der Waals surface area contributed by atoms with E-state index in [-0.39, 0.29) is 0 Å². The molecule has 0 spiro atoms. The van der Waals surface area contributed by atoms with E-state index in [0.29, 0.717) is 6.54 Å². The maximum atomic E-state index is 5.91. The van der Waals surface area contributed by atoms with Crippen molar-refractivity contribution in [3.05, 3.63) is 40.7 Å². The fourth-order valence-corrected chi connectivity index (χ4v) is 2.98. The molecule has 4 nitrogen and oxygen atoms in total. The molecule has 0 unspecified atom stereocenters. The predicted octanol–water partition coefficient (Wildman–Crippen LogP) is 2.22. The number of aromatic nitrogens is 3. The molecule has 19 heavy (non-hydrogen) atoms. The Morgan fingerprint density at radius 1 is 1.26 bits per heavy atom. The fraction of sp³-hybridized carbons (Fsp3) is 0.467. The summed E-state index contributed by atoms with van der Waals surface area (Å²) in [5.41, 5.74) is 12.8. The molecule has 0 aromatic carbocycles. The van der Waals surface area contributed by atoms with Gasteiger partial charge < -0.3 is 10.3 Å². The summed E-state index contributed by atoms with van der Waals surface area (Å²) in [4.78, 5) is 9.08. The zero-order valence-corrected chi connectivity index (χ0v) is 11.6. The van der Waals surface area contributed by atoms with E-state index >= 15 is 0 Å². The largest absolute Gasteiger partial charge is 0.326 e. The van der Waals surface area contributed by atoms with Crippen molar-refractivity contribution in [2.45, 2.75) is 46.1 Å². The molecule has 4 heteroatoms. The molecule has 0 bridgehead atoms. The number of imidazole rings is 1. The maximum Gasteiger partial charge on any atom is 0.0997 e. The second-order valence-electron chi connectivity index (χ2n) is 5.27. The number of hydrogen-bond donors (Lipinski definition) is 1. The van der Waals surface area contributed by atoms with Crippen LogP contribution in [-0.4, -0.2) is 14.5 Å². The Morgan fingerprint density at radius 3 is 2.84 bits per heavy atom. The second kappa shape index (κ2) is 4.78. The average molecular weight is 256 g/mol. The highest BCUT2D eigenvalue weighted by molar-refractivity contribution is 5.46. The molecule has 100 valence electrons. The molecule has 0 saturated heterocycles. The Morgan fingerprint density at radius 2 is 2.05 bits per heavy atom. The van der Waals surface area contributed by atoms with Gasteiger partial charge in [-0.1, -0.05) is 0 Å². The maximum absolute atomic E-state index is 5.91. The van der Waals surface area contributed by atoms with Crippen molar-refractivity contribution in [1.82, 2.24) is 14.5 Å². The molecule has 0 saturated carbocycles. The minimum absolute atomic E-state index is 0.515. The summed E-state index contributed by atoms with van der Waals surface area (Å²) >= 11 is 0. The fourth-order valence-electron chi connectivity index (χ4n) is 2.98. The molecule has 0 atom stereocenters. The first-order valence-electron chi connectivity index (χ1n) is 6.93. The van der Waals surface area contributed by atoms with Crippen molar-refractivity contribution in [2.24, 2.45) is 5.73 Å². The van der Waals surface area contributed by atoms with Crippen LogP contribution in [0.3, 0.4) is 0 Å². The Labute approximate surface area is 113 Å². The van der Waals surface area contributed by atoms with E-state index in [9.17, 15) is 0 Å². The van der Waals surface area contributed by atoms with Crippen LogP contribution in [0.1, 0.15) is 41.2 Å². The quantitative estimate of drug-likeness (QED) is 0.896. The first kappa shape index (κ1) is 12.4. The summed E-state index contributed by atoms with van der Waals surface area (Å²) in [6.45, 7) is 4.57. The van der Waals surface area contributed by atoms with E-state index in [0.717, 1.165) is 35.5 Å². The molecule has 3 rings (SSSR count). The van der Waals surface area contributed by atoms with Crippen molar-refractivity contribution in [3.8, 4) is 5.69 Å². The Bertz CT molecular complexity index is 613. The van der Waals surface area contributed by atoms with Gasteiger partial charge in [0, 0.05) is 29.2 Å². The van der Waals surface area contributed by atoms with Crippen LogP contribution in [0.4, 0.5) is 0 Å². The minimum atomic E-state index is 0.515.